The van der Waals surface area contributed by atoms with Gasteiger partial charge < -0.3 is 19.8 Å². The van der Waals surface area contributed by atoms with Crippen molar-refractivity contribution in [2.75, 3.05) is 13.1 Å². The van der Waals surface area contributed by atoms with E-state index in [1.165, 1.54) is 38.5 Å². The summed E-state index contributed by atoms with van der Waals surface area (Å²) in [7, 11) is 0. The van der Waals surface area contributed by atoms with E-state index in [2.05, 4.69) is 126 Å². The molecule has 0 bridgehead atoms. The monoisotopic (exact) mass is 736 g/mol. The zero-order valence-electron chi connectivity index (χ0n) is 24.3. The van der Waals surface area contributed by atoms with Gasteiger partial charge in [0.15, 0.2) is 0 Å². The first-order valence-corrected chi connectivity index (χ1v) is 21.4. The second-order valence-electron chi connectivity index (χ2n) is 11.9. The molecule has 9 heteroatoms. The van der Waals surface area contributed by atoms with Gasteiger partial charge in [0.05, 0.1) is 12.7 Å². The first-order chi connectivity index (χ1) is 17.6. The normalized spacial score (nSPS) is 31.7. The fourth-order valence-corrected chi connectivity index (χ4v) is 6.26. The summed E-state index contributed by atoms with van der Waals surface area (Å²) in [5.74, 6) is 4.77. The summed E-state index contributed by atoms with van der Waals surface area (Å²) in [5, 5.41) is 13.5. The van der Waals surface area contributed by atoms with Crippen molar-refractivity contribution in [3.05, 3.63) is 13.3 Å². The topological polar surface area (TPSA) is 37.7 Å². The van der Waals surface area contributed by atoms with Crippen LogP contribution in [0.4, 0.5) is 0 Å². The van der Waals surface area contributed by atoms with Gasteiger partial charge in [-0.2, -0.15) is 0 Å². The van der Waals surface area contributed by atoms with Crippen LogP contribution in [0.2, 0.25) is 0 Å². The van der Waals surface area contributed by atoms with Gasteiger partial charge >= 0.3 is 40.8 Å². The van der Waals surface area contributed by atoms with Crippen LogP contribution >= 0.6 is 26.9 Å². The van der Waals surface area contributed by atoms with Gasteiger partial charge in [0, 0.05) is 12.1 Å². The van der Waals surface area contributed by atoms with Crippen LogP contribution in [0.3, 0.4) is 0 Å². The molecular weight excluding hydrogens is 687 g/mol. The minimum absolute atomic E-state index is 0.575. The zero-order chi connectivity index (χ0) is 27.5. The van der Waals surface area contributed by atoms with E-state index in [1.807, 2.05) is 12.7 Å². The summed E-state index contributed by atoms with van der Waals surface area (Å²) in [6, 6.07) is 1.21. The van der Waals surface area contributed by atoms with E-state index in [0.29, 0.717) is 26.0 Å². The summed E-state index contributed by atoms with van der Waals surface area (Å²) >= 11 is 6.80. The van der Waals surface area contributed by atoms with E-state index in [9.17, 15) is 0 Å². The molecule has 6 nitrogen and oxygen atoms in total. The zero-order valence-corrected chi connectivity index (χ0v) is 29.1. The van der Waals surface area contributed by atoms with E-state index < -0.39 is 0 Å². The first kappa shape index (κ1) is 33.4. The number of hydrogen-bond acceptors (Lipinski definition) is 6. The number of halogens is 2. The molecule has 0 radical (unpaired) electrons. The summed E-state index contributed by atoms with van der Waals surface area (Å²) in [5.41, 5.74) is 0. The number of nitrogens with zero attached hydrogens (tertiary/aromatic N) is 6. The van der Waals surface area contributed by atoms with Gasteiger partial charge in [-0.15, -0.1) is 13.3 Å². The molecule has 37 heavy (non-hydrogen) atoms. The van der Waals surface area contributed by atoms with Gasteiger partial charge in [-0.25, -0.2) is 10.2 Å². The molecule has 0 N–H and O–H groups in total. The molecule has 2 heterocycles. The van der Waals surface area contributed by atoms with E-state index in [1.54, 1.807) is 0 Å². The molecule has 0 aromatic rings. The molecule has 6 atom stereocenters. The molecule has 2 aliphatic heterocycles. The van der Waals surface area contributed by atoms with Crippen LogP contribution < -0.4 is 0 Å². The molecule has 0 aromatic heterocycles. The quantitative estimate of drug-likeness (QED) is 0.205. The van der Waals surface area contributed by atoms with Gasteiger partial charge in [0.2, 0.25) is 0 Å². The summed E-state index contributed by atoms with van der Waals surface area (Å²) in [6.07, 6.45) is 12.0. The average molecular weight is 739 g/mol. The molecular formula is C28H52Br2N6Pd-2. The second-order valence-corrected chi connectivity index (χ2v) is 19.1. The predicted molar refractivity (Wildman–Crippen MR) is 162 cm³/mol. The van der Waals surface area contributed by atoms with Crippen molar-refractivity contribution in [1.29, 1.82) is 0 Å². The predicted octanol–water partition coefficient (Wildman–Crippen LogP) is 7.98. The molecule has 2 aliphatic carbocycles. The van der Waals surface area contributed by atoms with Crippen molar-refractivity contribution >= 4 is 39.5 Å². The van der Waals surface area contributed by atoms with Crippen molar-refractivity contribution in [3.8, 4) is 0 Å². The average Bonchev–Trinajstić information content (AvgIpc) is 3.54. The third-order valence-electron chi connectivity index (χ3n) is 8.58. The Morgan fingerprint density at radius 1 is 0.757 bits per heavy atom. The number of hydrazone groups is 2. The summed E-state index contributed by atoms with van der Waals surface area (Å²) in [4.78, 5) is 4.33. The molecule has 220 valence electrons. The Morgan fingerprint density at radius 2 is 1.11 bits per heavy atom. The third kappa shape index (κ3) is 10.3. The Hall–Kier alpha value is 0.162. The second kappa shape index (κ2) is 17.1. The summed E-state index contributed by atoms with van der Waals surface area (Å²) < 4.78 is 0. The Bertz CT molecular complexity index is 638. The van der Waals surface area contributed by atoms with Gasteiger partial charge in [-0.1, -0.05) is 54.4 Å². The van der Waals surface area contributed by atoms with Crippen LogP contribution in [0, 0.1) is 48.8 Å². The third-order valence-corrected chi connectivity index (χ3v) is 8.58. The first-order valence-electron chi connectivity index (χ1n) is 14.3. The molecule has 0 saturated heterocycles. The Morgan fingerprint density at radius 3 is 1.38 bits per heavy atom. The maximum atomic E-state index is 4.56. The van der Waals surface area contributed by atoms with E-state index in [-0.39, 0.29) is 0 Å². The Balaban J connectivity index is 0.000000235. The van der Waals surface area contributed by atoms with Crippen molar-refractivity contribution in [3.63, 3.8) is 0 Å². The van der Waals surface area contributed by atoms with Crippen LogP contribution in [0.1, 0.15) is 93.9 Å². The molecule has 0 aromatic carbocycles. The van der Waals surface area contributed by atoms with Crippen LogP contribution in [0.15, 0.2) is 10.2 Å². The van der Waals surface area contributed by atoms with Crippen LogP contribution in [-0.2, 0) is 13.9 Å². The van der Waals surface area contributed by atoms with E-state index in [0.717, 1.165) is 48.6 Å². The SMILES string of the molecule is CCN1C=NN([C@@H]2C[C@@H](C)CC[C@@H]2C(C)C)[CH-]1.CCN1C=NN([C@@H]2C[C@@H](C)CC[C@@H]2C(C)C)[CH-]1.[Br][Pd][Br]. The van der Waals surface area contributed by atoms with E-state index in [4.69, 9.17) is 0 Å². The van der Waals surface area contributed by atoms with Crippen LogP contribution in [0.25, 0.3) is 0 Å². The summed E-state index contributed by atoms with van der Waals surface area (Å²) in [6.45, 7) is 24.9. The van der Waals surface area contributed by atoms with Gasteiger partial charge in [-0.3, -0.25) is 0 Å². The molecule has 0 spiro atoms. The Kier molecular flexibility index (Phi) is 15.4. The molecule has 4 rings (SSSR count). The van der Waals surface area contributed by atoms with Crippen molar-refractivity contribution in [1.82, 2.24) is 19.8 Å². The van der Waals surface area contributed by atoms with Crippen LogP contribution in [-0.4, -0.2) is 57.7 Å². The molecule has 4 aliphatic rings. The molecule has 2 saturated carbocycles. The number of hydrogen-bond donors (Lipinski definition) is 0. The van der Waals surface area contributed by atoms with Gasteiger partial charge in [0.25, 0.3) is 0 Å². The van der Waals surface area contributed by atoms with Crippen molar-refractivity contribution < 1.29 is 13.9 Å². The fourth-order valence-electron chi connectivity index (χ4n) is 6.26. The Labute approximate surface area is 250 Å². The van der Waals surface area contributed by atoms with Gasteiger partial charge in [-0.05, 0) is 88.1 Å². The van der Waals surface area contributed by atoms with E-state index >= 15 is 0 Å². The minimum atomic E-state index is 0.575. The molecule has 2 fully saturated rings. The standard InChI is InChI=1S/2C14H26N3.2BrH.Pd/c2*1-5-16-9-15-17(10-16)14-8-12(4)6-7-13(14)11(2)3;;;/h2*9-14H,5-8H2,1-4H3;2*1H;/q2*-1;;;+2/p-2/t2*12-,13+,14+;;;/m00.../s1. The fraction of sp³-hybridized carbons (Fsp3) is 0.857. The number of rotatable bonds is 6. The molecule has 0 amide bonds. The van der Waals surface area contributed by atoms with Gasteiger partial charge in [0.1, 0.15) is 0 Å². The van der Waals surface area contributed by atoms with Crippen LogP contribution in [0.5, 0.6) is 0 Å². The molecule has 0 unspecified atom stereocenters. The maximum absolute atomic E-state index is 4.56. The van der Waals surface area contributed by atoms with Crippen molar-refractivity contribution in [2.24, 2.45) is 45.7 Å². The van der Waals surface area contributed by atoms with Crippen molar-refractivity contribution in [2.45, 2.75) is 106 Å².